The third-order valence-corrected chi connectivity index (χ3v) is 4.62. The number of guanidine groups is 1. The summed E-state index contributed by atoms with van der Waals surface area (Å²) >= 11 is 0. The van der Waals surface area contributed by atoms with Crippen LogP contribution in [0.15, 0.2) is 52.2 Å². The molecule has 2 aromatic heterocycles. The monoisotopic (exact) mass is 537 g/mol. The summed E-state index contributed by atoms with van der Waals surface area (Å²) in [6, 6.07) is 10.3. The fourth-order valence-electron chi connectivity index (χ4n) is 2.99. The Bertz CT molecular complexity index is 922. The van der Waals surface area contributed by atoms with E-state index in [1.807, 2.05) is 23.0 Å². The van der Waals surface area contributed by atoms with Gasteiger partial charge in [0, 0.05) is 37.8 Å². The van der Waals surface area contributed by atoms with E-state index in [0.29, 0.717) is 12.4 Å². The summed E-state index contributed by atoms with van der Waals surface area (Å²) in [5.74, 6) is 2.54. The Hall–Kier alpha value is -2.43. The average molecular weight is 537 g/mol. The molecule has 168 valence electrons. The SMILES string of the molecule is CCNC(=NCc1ccccc1Cn1cccn1)NCCCc1nc(C(C)C)no1.I. The summed E-state index contributed by atoms with van der Waals surface area (Å²) < 4.78 is 7.22. The first-order valence-electron chi connectivity index (χ1n) is 10.5. The van der Waals surface area contributed by atoms with E-state index < -0.39 is 0 Å². The van der Waals surface area contributed by atoms with E-state index in [1.165, 1.54) is 11.1 Å². The molecule has 0 aliphatic carbocycles. The van der Waals surface area contributed by atoms with Crippen molar-refractivity contribution in [1.29, 1.82) is 0 Å². The van der Waals surface area contributed by atoms with Crippen molar-refractivity contribution >= 4 is 29.9 Å². The Labute approximate surface area is 200 Å². The van der Waals surface area contributed by atoms with Crippen LogP contribution in [-0.4, -0.2) is 39.0 Å². The first kappa shape index (κ1) is 24.8. The van der Waals surface area contributed by atoms with Crippen molar-refractivity contribution in [1.82, 2.24) is 30.6 Å². The second-order valence-electron chi connectivity index (χ2n) is 7.40. The van der Waals surface area contributed by atoms with Gasteiger partial charge in [0.05, 0.1) is 13.1 Å². The van der Waals surface area contributed by atoms with Crippen LogP contribution in [0.4, 0.5) is 0 Å². The van der Waals surface area contributed by atoms with Crippen LogP contribution in [0.5, 0.6) is 0 Å². The Balaban J connectivity index is 0.00000341. The first-order valence-corrected chi connectivity index (χ1v) is 10.5. The van der Waals surface area contributed by atoms with Crippen LogP contribution in [0.3, 0.4) is 0 Å². The van der Waals surface area contributed by atoms with Crippen molar-refractivity contribution in [2.75, 3.05) is 13.1 Å². The second kappa shape index (κ2) is 13.1. The number of nitrogens with zero attached hydrogens (tertiary/aromatic N) is 5. The van der Waals surface area contributed by atoms with Gasteiger partial charge in [-0.25, -0.2) is 4.99 Å². The van der Waals surface area contributed by atoms with E-state index in [-0.39, 0.29) is 29.9 Å². The molecule has 2 N–H and O–H groups in total. The largest absolute Gasteiger partial charge is 0.357 e. The van der Waals surface area contributed by atoms with E-state index in [2.05, 4.69) is 64.8 Å². The van der Waals surface area contributed by atoms with Gasteiger partial charge in [0.25, 0.3) is 0 Å². The topological polar surface area (TPSA) is 93.2 Å². The molecular formula is C22H32IN7O. The molecule has 0 amide bonds. The lowest BCUT2D eigenvalue weighted by atomic mass is 10.1. The minimum Gasteiger partial charge on any atom is -0.357 e. The van der Waals surface area contributed by atoms with Crippen molar-refractivity contribution in [2.24, 2.45) is 4.99 Å². The highest BCUT2D eigenvalue weighted by Crippen LogP contribution is 2.12. The minimum atomic E-state index is 0. The van der Waals surface area contributed by atoms with Gasteiger partial charge < -0.3 is 15.2 Å². The lowest BCUT2D eigenvalue weighted by Gasteiger charge is -2.12. The molecule has 0 saturated carbocycles. The number of aryl methyl sites for hydroxylation is 1. The number of halogens is 1. The second-order valence-corrected chi connectivity index (χ2v) is 7.40. The zero-order valence-electron chi connectivity index (χ0n) is 18.4. The quantitative estimate of drug-likeness (QED) is 0.177. The van der Waals surface area contributed by atoms with E-state index in [1.54, 1.807) is 6.20 Å². The molecule has 0 saturated heterocycles. The Morgan fingerprint density at radius 1 is 1.16 bits per heavy atom. The number of hydrogen-bond acceptors (Lipinski definition) is 5. The highest BCUT2D eigenvalue weighted by molar-refractivity contribution is 14.0. The number of rotatable bonds is 10. The highest BCUT2D eigenvalue weighted by atomic mass is 127. The lowest BCUT2D eigenvalue weighted by Crippen LogP contribution is -2.37. The molecule has 3 rings (SSSR count). The maximum atomic E-state index is 5.30. The van der Waals surface area contributed by atoms with Gasteiger partial charge in [-0.3, -0.25) is 4.68 Å². The van der Waals surface area contributed by atoms with Crippen molar-refractivity contribution in [2.45, 2.75) is 52.6 Å². The third-order valence-electron chi connectivity index (χ3n) is 4.62. The van der Waals surface area contributed by atoms with Crippen molar-refractivity contribution in [3.8, 4) is 0 Å². The molecule has 0 aliphatic heterocycles. The zero-order chi connectivity index (χ0) is 21.2. The van der Waals surface area contributed by atoms with Crippen LogP contribution in [-0.2, 0) is 19.5 Å². The predicted octanol–water partition coefficient (Wildman–Crippen LogP) is 3.74. The van der Waals surface area contributed by atoms with Crippen LogP contribution in [0.1, 0.15) is 56.0 Å². The maximum absolute atomic E-state index is 5.30. The summed E-state index contributed by atoms with van der Waals surface area (Å²) in [4.78, 5) is 9.18. The van der Waals surface area contributed by atoms with Crippen molar-refractivity contribution in [3.63, 3.8) is 0 Å². The lowest BCUT2D eigenvalue weighted by molar-refractivity contribution is 0.368. The van der Waals surface area contributed by atoms with E-state index >= 15 is 0 Å². The van der Waals surface area contributed by atoms with Crippen LogP contribution in [0, 0.1) is 0 Å². The Morgan fingerprint density at radius 2 is 1.97 bits per heavy atom. The van der Waals surface area contributed by atoms with Gasteiger partial charge in [-0.15, -0.1) is 24.0 Å². The van der Waals surface area contributed by atoms with E-state index in [4.69, 9.17) is 9.52 Å². The number of aromatic nitrogens is 4. The normalized spacial score (nSPS) is 11.4. The minimum absolute atomic E-state index is 0. The molecule has 0 unspecified atom stereocenters. The predicted molar refractivity (Wildman–Crippen MR) is 133 cm³/mol. The zero-order valence-corrected chi connectivity index (χ0v) is 20.7. The summed E-state index contributed by atoms with van der Waals surface area (Å²) in [7, 11) is 0. The third kappa shape index (κ3) is 7.97. The van der Waals surface area contributed by atoms with Gasteiger partial charge in [-0.1, -0.05) is 43.3 Å². The molecule has 0 spiro atoms. The molecule has 8 nitrogen and oxygen atoms in total. The maximum Gasteiger partial charge on any atom is 0.226 e. The van der Waals surface area contributed by atoms with Gasteiger partial charge in [0.15, 0.2) is 11.8 Å². The van der Waals surface area contributed by atoms with Gasteiger partial charge >= 0.3 is 0 Å². The molecule has 0 aliphatic rings. The smallest absolute Gasteiger partial charge is 0.226 e. The Morgan fingerprint density at radius 3 is 2.65 bits per heavy atom. The molecule has 0 fully saturated rings. The standard InChI is InChI=1S/C22H31N7O.HI/c1-4-23-22(24-12-7-11-20-27-21(17(2)3)28-30-20)25-15-18-9-5-6-10-19(18)16-29-14-8-13-26-29;/h5-6,8-10,13-14,17H,4,7,11-12,15-16H2,1-3H3,(H2,23,24,25);1H. The molecule has 0 radical (unpaired) electrons. The van der Waals surface area contributed by atoms with Crippen LogP contribution < -0.4 is 10.6 Å². The number of hydrogen-bond donors (Lipinski definition) is 2. The highest BCUT2D eigenvalue weighted by Gasteiger charge is 2.09. The van der Waals surface area contributed by atoms with E-state index in [9.17, 15) is 0 Å². The van der Waals surface area contributed by atoms with Crippen molar-refractivity contribution in [3.05, 3.63) is 65.6 Å². The van der Waals surface area contributed by atoms with Crippen LogP contribution in [0.2, 0.25) is 0 Å². The van der Waals surface area contributed by atoms with E-state index in [0.717, 1.165) is 44.3 Å². The van der Waals surface area contributed by atoms with Gasteiger partial charge in [0.1, 0.15) is 0 Å². The van der Waals surface area contributed by atoms with Crippen molar-refractivity contribution < 1.29 is 4.52 Å². The fraction of sp³-hybridized carbons (Fsp3) is 0.455. The fourth-order valence-corrected chi connectivity index (χ4v) is 2.99. The molecule has 1 aromatic carbocycles. The number of nitrogens with one attached hydrogen (secondary N) is 2. The van der Waals surface area contributed by atoms with Gasteiger partial charge in [-0.2, -0.15) is 10.1 Å². The summed E-state index contributed by atoms with van der Waals surface area (Å²) in [5.41, 5.74) is 2.41. The molecule has 2 heterocycles. The summed E-state index contributed by atoms with van der Waals surface area (Å²) in [6.07, 6.45) is 5.41. The summed E-state index contributed by atoms with van der Waals surface area (Å²) in [6.45, 7) is 9.11. The molecule has 0 atom stereocenters. The molecule has 3 aromatic rings. The molecular weight excluding hydrogens is 505 g/mol. The molecule has 31 heavy (non-hydrogen) atoms. The van der Waals surface area contributed by atoms with Crippen LogP contribution in [0.25, 0.3) is 0 Å². The first-order chi connectivity index (χ1) is 14.7. The van der Waals surface area contributed by atoms with Gasteiger partial charge in [0.2, 0.25) is 5.89 Å². The average Bonchev–Trinajstić information content (AvgIpc) is 3.42. The number of benzene rings is 1. The molecule has 0 bridgehead atoms. The van der Waals surface area contributed by atoms with Crippen LogP contribution >= 0.6 is 24.0 Å². The van der Waals surface area contributed by atoms with Gasteiger partial charge in [-0.05, 0) is 30.5 Å². The molecule has 9 heteroatoms. The summed E-state index contributed by atoms with van der Waals surface area (Å²) in [5, 5.41) is 15.0. The Kier molecular flexibility index (Phi) is 10.5. The number of aliphatic imine (C=N–C) groups is 1.